The molecule has 1 aromatic heterocycles. The smallest absolute Gasteiger partial charge is 0.351 e. The molecule has 0 fully saturated rings. The monoisotopic (exact) mass is 315 g/mol. The van der Waals surface area contributed by atoms with Crippen LogP contribution in [0.15, 0.2) is 42.5 Å². The molecule has 2 N–H and O–H groups in total. The maximum absolute atomic E-state index is 12.6. The van der Waals surface area contributed by atoms with E-state index in [0.29, 0.717) is 31.9 Å². The Balaban J connectivity index is 2.42. The summed E-state index contributed by atoms with van der Waals surface area (Å²) in [5.41, 5.74) is 6.67. The Morgan fingerprint density at radius 1 is 1.05 bits per heavy atom. The fraction of sp³-hybridized carbons (Fsp3) is 0. The lowest BCUT2D eigenvalue weighted by atomic mass is 10.1. The van der Waals surface area contributed by atoms with Crippen LogP contribution in [0.4, 0.5) is 5.82 Å². The third-order valence-corrected chi connectivity index (χ3v) is 3.57. The molecular formula is C15H10ClN3O3. The lowest BCUT2D eigenvalue weighted by Gasteiger charge is -2.13. The van der Waals surface area contributed by atoms with E-state index in [4.69, 9.17) is 17.3 Å². The van der Waals surface area contributed by atoms with Crippen molar-refractivity contribution in [3.63, 3.8) is 0 Å². The molecule has 0 radical (unpaired) electrons. The standard InChI is InChI=1S/C15H10ClN3O3/c16-11-3-1-2-10(7-11)14-15(17)19(22)12-5-4-9(8-20)6-13(12)18(14)21/h1-8H,17H2. The van der Waals surface area contributed by atoms with E-state index in [0.717, 1.165) is 0 Å². The number of aldehydes is 1. The van der Waals surface area contributed by atoms with Crippen LogP contribution in [0.3, 0.4) is 0 Å². The number of carbonyl (C=O) groups is 1. The van der Waals surface area contributed by atoms with Crippen LogP contribution in [0, 0.1) is 10.4 Å². The Morgan fingerprint density at radius 3 is 2.50 bits per heavy atom. The van der Waals surface area contributed by atoms with Gasteiger partial charge in [0.25, 0.3) is 5.52 Å². The highest BCUT2D eigenvalue weighted by Gasteiger charge is 2.25. The van der Waals surface area contributed by atoms with E-state index in [1.165, 1.54) is 24.3 Å². The second kappa shape index (κ2) is 5.16. The van der Waals surface area contributed by atoms with Gasteiger partial charge in [0.05, 0.1) is 5.56 Å². The van der Waals surface area contributed by atoms with Gasteiger partial charge in [-0.05, 0) is 30.3 Å². The third kappa shape index (κ3) is 2.10. The number of hydrogen-bond acceptors (Lipinski definition) is 4. The average Bonchev–Trinajstić information content (AvgIpc) is 2.52. The molecule has 0 aliphatic carbocycles. The van der Waals surface area contributed by atoms with Crippen LogP contribution in [-0.2, 0) is 0 Å². The van der Waals surface area contributed by atoms with Crippen molar-refractivity contribution >= 4 is 34.7 Å². The Bertz CT molecular complexity index is 912. The van der Waals surface area contributed by atoms with Crippen LogP contribution in [-0.4, -0.2) is 6.29 Å². The molecule has 3 aromatic rings. The largest absolute Gasteiger partial charge is 0.710 e. The molecule has 0 amide bonds. The zero-order valence-electron chi connectivity index (χ0n) is 11.2. The zero-order valence-corrected chi connectivity index (χ0v) is 11.9. The minimum atomic E-state index is -0.233. The minimum absolute atomic E-state index is 0.00644. The summed E-state index contributed by atoms with van der Waals surface area (Å²) >= 11 is 5.92. The fourth-order valence-electron chi connectivity index (χ4n) is 2.30. The van der Waals surface area contributed by atoms with E-state index >= 15 is 0 Å². The predicted octanol–water partition coefficient (Wildman–Crippen LogP) is 1.82. The number of fused-ring (bicyclic) bond motifs is 1. The molecular weight excluding hydrogens is 306 g/mol. The van der Waals surface area contributed by atoms with Crippen LogP contribution in [0.2, 0.25) is 5.02 Å². The summed E-state index contributed by atoms with van der Waals surface area (Å²) in [5.74, 6) is -0.233. The Kier molecular flexibility index (Phi) is 3.30. The van der Waals surface area contributed by atoms with Gasteiger partial charge in [0.1, 0.15) is 6.29 Å². The van der Waals surface area contributed by atoms with Crippen molar-refractivity contribution in [1.82, 2.24) is 0 Å². The molecule has 110 valence electrons. The molecule has 0 atom stereocenters. The number of anilines is 1. The molecule has 7 heteroatoms. The van der Waals surface area contributed by atoms with Crippen LogP contribution >= 0.6 is 11.6 Å². The number of benzene rings is 2. The number of nitrogens with two attached hydrogens (primary N) is 1. The molecule has 6 nitrogen and oxygen atoms in total. The van der Waals surface area contributed by atoms with Crippen molar-refractivity contribution in [2.45, 2.75) is 0 Å². The first kappa shape index (κ1) is 14.1. The Hall–Kier alpha value is -2.86. The number of nitrogens with zero attached hydrogens (tertiary/aromatic N) is 2. The minimum Gasteiger partial charge on any atom is -0.710 e. The molecule has 0 aliphatic rings. The van der Waals surface area contributed by atoms with Gasteiger partial charge in [-0.1, -0.05) is 17.7 Å². The number of hydrogen-bond donors (Lipinski definition) is 1. The maximum Gasteiger partial charge on any atom is 0.351 e. The van der Waals surface area contributed by atoms with Gasteiger partial charge in [-0.25, -0.2) is 4.73 Å². The SMILES string of the molecule is Nc1c(-c2cccc(Cl)c2)[n+]([O-])c2cc(C=O)ccc2[n+]1[O-]. The first-order valence-corrected chi connectivity index (χ1v) is 6.70. The van der Waals surface area contributed by atoms with E-state index in [9.17, 15) is 15.2 Å². The van der Waals surface area contributed by atoms with Crippen molar-refractivity contribution < 1.29 is 14.3 Å². The van der Waals surface area contributed by atoms with Crippen molar-refractivity contribution in [1.29, 1.82) is 0 Å². The number of nitrogen functional groups attached to an aromatic ring is 1. The first-order valence-electron chi connectivity index (χ1n) is 6.32. The molecule has 3 rings (SSSR count). The molecule has 0 spiro atoms. The van der Waals surface area contributed by atoms with Gasteiger partial charge in [0.15, 0.2) is 0 Å². The lowest BCUT2D eigenvalue weighted by Crippen LogP contribution is -2.43. The second-order valence-corrected chi connectivity index (χ2v) is 5.14. The summed E-state index contributed by atoms with van der Waals surface area (Å²) in [6, 6.07) is 10.6. The van der Waals surface area contributed by atoms with Gasteiger partial charge < -0.3 is 10.4 Å². The first-order chi connectivity index (χ1) is 10.5. The third-order valence-electron chi connectivity index (χ3n) is 3.34. The lowest BCUT2D eigenvalue weighted by molar-refractivity contribution is -0.609. The van der Waals surface area contributed by atoms with Crippen molar-refractivity contribution in [2.24, 2.45) is 0 Å². The number of halogens is 1. The van der Waals surface area contributed by atoms with E-state index < -0.39 is 0 Å². The summed E-state index contributed by atoms with van der Waals surface area (Å²) in [7, 11) is 0. The highest BCUT2D eigenvalue weighted by Crippen LogP contribution is 2.24. The van der Waals surface area contributed by atoms with E-state index in [1.54, 1.807) is 18.2 Å². The van der Waals surface area contributed by atoms with Crippen molar-refractivity contribution in [3.05, 3.63) is 63.5 Å². The summed E-state index contributed by atoms with van der Waals surface area (Å²) in [5, 5.41) is 25.3. The molecule has 0 aliphatic heterocycles. The van der Waals surface area contributed by atoms with Crippen LogP contribution < -0.4 is 15.2 Å². The molecule has 0 saturated carbocycles. The highest BCUT2D eigenvalue weighted by atomic mass is 35.5. The van der Waals surface area contributed by atoms with Gasteiger partial charge in [-0.3, -0.25) is 10.5 Å². The summed E-state index contributed by atoms with van der Waals surface area (Å²) in [6.07, 6.45) is 0.601. The summed E-state index contributed by atoms with van der Waals surface area (Å²) in [4.78, 5) is 10.9. The number of carbonyl (C=O) groups excluding carboxylic acids is 1. The molecule has 1 heterocycles. The van der Waals surface area contributed by atoms with Gasteiger partial charge in [0.2, 0.25) is 5.52 Å². The normalized spacial score (nSPS) is 10.8. The van der Waals surface area contributed by atoms with Gasteiger partial charge in [0, 0.05) is 16.7 Å². The number of aromatic nitrogens is 2. The topological polar surface area (TPSA) is 97.0 Å². The molecule has 22 heavy (non-hydrogen) atoms. The predicted molar refractivity (Wildman–Crippen MR) is 82.1 cm³/mol. The Morgan fingerprint density at radius 2 is 1.82 bits per heavy atom. The van der Waals surface area contributed by atoms with E-state index in [2.05, 4.69) is 0 Å². The van der Waals surface area contributed by atoms with Crippen LogP contribution in [0.25, 0.3) is 22.3 Å². The quantitative estimate of drug-likeness (QED) is 0.443. The van der Waals surface area contributed by atoms with E-state index in [-0.39, 0.29) is 22.5 Å². The number of rotatable bonds is 2. The highest BCUT2D eigenvalue weighted by molar-refractivity contribution is 6.30. The zero-order chi connectivity index (χ0) is 15.9. The van der Waals surface area contributed by atoms with Crippen molar-refractivity contribution in [3.8, 4) is 11.3 Å². The molecule has 0 unspecified atom stereocenters. The maximum atomic E-state index is 12.6. The van der Waals surface area contributed by atoms with Gasteiger partial charge in [-0.15, -0.1) is 0 Å². The van der Waals surface area contributed by atoms with Gasteiger partial charge >= 0.3 is 11.5 Å². The fourth-order valence-corrected chi connectivity index (χ4v) is 2.49. The molecule has 0 saturated heterocycles. The second-order valence-electron chi connectivity index (χ2n) is 4.70. The van der Waals surface area contributed by atoms with Crippen LogP contribution in [0.1, 0.15) is 10.4 Å². The summed E-state index contributed by atoms with van der Waals surface area (Å²) < 4.78 is 1.01. The van der Waals surface area contributed by atoms with Gasteiger partial charge in [-0.2, -0.15) is 4.73 Å². The summed E-state index contributed by atoms with van der Waals surface area (Å²) in [6.45, 7) is 0. The molecule has 0 bridgehead atoms. The average molecular weight is 316 g/mol. The Labute approximate surface area is 130 Å². The molecule has 2 aromatic carbocycles. The van der Waals surface area contributed by atoms with Crippen molar-refractivity contribution in [2.75, 3.05) is 5.73 Å². The van der Waals surface area contributed by atoms with E-state index in [1.807, 2.05) is 0 Å². The van der Waals surface area contributed by atoms with Crippen LogP contribution in [0.5, 0.6) is 0 Å².